The van der Waals surface area contributed by atoms with Gasteiger partial charge >= 0.3 is 0 Å². The minimum atomic E-state index is -3.19. The number of carbonyl (C=O) groups is 1. The fraction of sp³-hybridized carbons (Fsp3) is 0.565. The van der Waals surface area contributed by atoms with Gasteiger partial charge in [-0.15, -0.1) is 11.3 Å². The molecule has 0 aliphatic carbocycles. The van der Waals surface area contributed by atoms with Crippen molar-refractivity contribution in [2.75, 3.05) is 24.2 Å². The molecule has 1 aliphatic rings. The highest BCUT2D eigenvalue weighted by Gasteiger charge is 2.30. The topological polar surface area (TPSA) is 79.4 Å². The van der Waals surface area contributed by atoms with Crippen LogP contribution >= 0.6 is 11.3 Å². The maximum absolute atomic E-state index is 12.7. The smallest absolute Gasteiger partial charge is 0.229 e. The molecular weight excluding hydrogens is 430 g/mol. The predicted molar refractivity (Wildman–Crippen MR) is 128 cm³/mol. The second-order valence-electron chi connectivity index (χ2n) is 8.76. The maximum Gasteiger partial charge on any atom is 0.229 e. The first kappa shape index (κ1) is 23.9. The predicted octanol–water partition coefficient (Wildman–Crippen LogP) is 5.06. The van der Waals surface area contributed by atoms with Crippen LogP contribution in [0.3, 0.4) is 0 Å². The third-order valence-corrected chi connectivity index (χ3v) is 8.60. The molecule has 1 N–H and O–H groups in total. The number of aromatic nitrogens is 1. The average molecular weight is 464 g/mol. The zero-order chi connectivity index (χ0) is 22.8. The van der Waals surface area contributed by atoms with E-state index < -0.39 is 10.0 Å². The van der Waals surface area contributed by atoms with Crippen molar-refractivity contribution in [3.05, 3.63) is 34.7 Å². The summed E-state index contributed by atoms with van der Waals surface area (Å²) in [7, 11) is -3.19. The van der Waals surface area contributed by atoms with Gasteiger partial charge in [0, 0.05) is 30.0 Å². The van der Waals surface area contributed by atoms with Gasteiger partial charge in [-0.25, -0.2) is 17.7 Å². The van der Waals surface area contributed by atoms with Crippen molar-refractivity contribution in [1.82, 2.24) is 9.29 Å². The summed E-state index contributed by atoms with van der Waals surface area (Å²) in [6, 6.07) is 6.55. The average Bonchev–Trinajstić information content (AvgIpc) is 3.21. The van der Waals surface area contributed by atoms with Gasteiger partial charge in [-0.1, -0.05) is 45.9 Å². The molecule has 0 saturated carbocycles. The van der Waals surface area contributed by atoms with Crippen LogP contribution in [-0.4, -0.2) is 42.5 Å². The quantitative estimate of drug-likeness (QED) is 0.623. The first-order valence-electron chi connectivity index (χ1n) is 11.0. The molecule has 3 rings (SSSR count). The van der Waals surface area contributed by atoms with Crippen molar-refractivity contribution in [3.63, 3.8) is 0 Å². The van der Waals surface area contributed by atoms with Crippen LogP contribution in [0.1, 0.15) is 70.4 Å². The molecule has 0 atom stereocenters. The molecule has 0 spiro atoms. The van der Waals surface area contributed by atoms with Crippen molar-refractivity contribution in [3.8, 4) is 11.3 Å². The van der Waals surface area contributed by atoms with E-state index in [1.807, 2.05) is 5.38 Å². The van der Waals surface area contributed by atoms with E-state index in [1.165, 1.54) is 26.8 Å². The zero-order valence-corrected chi connectivity index (χ0v) is 20.6. The lowest BCUT2D eigenvalue weighted by Gasteiger charge is -2.30. The van der Waals surface area contributed by atoms with Crippen LogP contribution in [0.15, 0.2) is 23.6 Å². The largest absolute Gasteiger partial charge is 0.302 e. The molecule has 2 aromatic rings. The summed E-state index contributed by atoms with van der Waals surface area (Å²) < 4.78 is 25.5. The number of amides is 1. The number of nitrogens with zero attached hydrogens (tertiary/aromatic N) is 2. The Labute approximate surface area is 190 Å². The first-order valence-corrected chi connectivity index (χ1v) is 13.5. The van der Waals surface area contributed by atoms with Crippen LogP contribution in [0.2, 0.25) is 0 Å². The molecule has 2 heterocycles. The van der Waals surface area contributed by atoms with E-state index in [2.05, 4.69) is 56.2 Å². The van der Waals surface area contributed by atoms with Crippen LogP contribution in [0, 0.1) is 5.92 Å². The third kappa shape index (κ3) is 5.54. The molecule has 6 nitrogen and oxygen atoms in total. The highest BCUT2D eigenvalue weighted by Crippen LogP contribution is 2.34. The minimum Gasteiger partial charge on any atom is -0.302 e. The lowest BCUT2D eigenvalue weighted by Crippen LogP contribution is -2.42. The number of benzene rings is 1. The van der Waals surface area contributed by atoms with E-state index in [1.54, 1.807) is 6.92 Å². The van der Waals surface area contributed by atoms with Crippen LogP contribution in [0.25, 0.3) is 11.3 Å². The summed E-state index contributed by atoms with van der Waals surface area (Å²) in [5.41, 5.74) is 4.56. The summed E-state index contributed by atoms with van der Waals surface area (Å²) in [4.78, 5) is 17.4. The van der Waals surface area contributed by atoms with Gasteiger partial charge in [0.1, 0.15) is 0 Å². The Morgan fingerprint density at radius 3 is 2.45 bits per heavy atom. The van der Waals surface area contributed by atoms with Crippen LogP contribution in [0.5, 0.6) is 0 Å². The molecule has 0 unspecified atom stereocenters. The Hall–Kier alpha value is -1.77. The van der Waals surface area contributed by atoms with Gasteiger partial charge in [0.05, 0.1) is 11.4 Å². The highest BCUT2D eigenvalue weighted by molar-refractivity contribution is 7.89. The van der Waals surface area contributed by atoms with Crippen LogP contribution in [-0.2, 0) is 14.8 Å². The Bertz CT molecular complexity index is 1020. The molecule has 1 saturated heterocycles. The molecule has 170 valence electrons. The summed E-state index contributed by atoms with van der Waals surface area (Å²) in [5.74, 6) is 0.678. The number of piperidine rings is 1. The summed E-state index contributed by atoms with van der Waals surface area (Å²) in [6.07, 6.45) is 1.08. The second kappa shape index (κ2) is 9.79. The number of sulfonamides is 1. The molecular formula is C23H33N3O3S2. The first-order chi connectivity index (χ1) is 14.6. The van der Waals surface area contributed by atoms with Crippen molar-refractivity contribution in [1.29, 1.82) is 0 Å². The lowest BCUT2D eigenvalue weighted by molar-refractivity contribution is -0.120. The molecule has 1 aliphatic heterocycles. The van der Waals surface area contributed by atoms with Crippen LogP contribution < -0.4 is 5.32 Å². The van der Waals surface area contributed by atoms with E-state index in [-0.39, 0.29) is 17.6 Å². The number of hydrogen-bond acceptors (Lipinski definition) is 5. The maximum atomic E-state index is 12.7. The van der Waals surface area contributed by atoms with Crippen LogP contribution in [0.4, 0.5) is 5.13 Å². The van der Waals surface area contributed by atoms with Gasteiger partial charge in [-0.05, 0) is 42.7 Å². The van der Waals surface area contributed by atoms with E-state index in [0.717, 1.165) is 11.3 Å². The molecule has 1 aromatic heterocycles. The number of nitrogens with one attached hydrogen (secondary N) is 1. The summed E-state index contributed by atoms with van der Waals surface area (Å²) >= 11 is 1.43. The van der Waals surface area contributed by atoms with E-state index in [9.17, 15) is 13.2 Å². The zero-order valence-electron chi connectivity index (χ0n) is 19.0. The standard InChI is InChI=1S/C23H33N3O3S2/c1-6-31(28,29)26-11-9-17(10-12-26)22(27)25-23-24-21(14-30-23)19-8-7-18(15(2)3)13-20(19)16(4)5/h7-8,13-17H,6,9-12H2,1-5H3,(H,24,25,27). The van der Waals surface area contributed by atoms with E-state index in [0.29, 0.717) is 42.9 Å². The van der Waals surface area contributed by atoms with Crippen molar-refractivity contribution < 1.29 is 13.2 Å². The SMILES string of the molecule is CCS(=O)(=O)N1CCC(C(=O)Nc2nc(-c3ccc(C(C)C)cc3C(C)C)cs2)CC1. The number of anilines is 1. The monoisotopic (exact) mass is 463 g/mol. The molecule has 0 radical (unpaired) electrons. The lowest BCUT2D eigenvalue weighted by atomic mass is 9.90. The van der Waals surface area contributed by atoms with Gasteiger partial charge in [-0.2, -0.15) is 0 Å². The number of hydrogen-bond donors (Lipinski definition) is 1. The fourth-order valence-electron chi connectivity index (χ4n) is 3.89. The number of rotatable bonds is 7. The molecule has 31 heavy (non-hydrogen) atoms. The Morgan fingerprint density at radius 1 is 1.19 bits per heavy atom. The second-order valence-corrected chi connectivity index (χ2v) is 11.9. The Morgan fingerprint density at radius 2 is 1.87 bits per heavy atom. The van der Waals surface area contributed by atoms with E-state index >= 15 is 0 Å². The van der Waals surface area contributed by atoms with Crippen molar-refractivity contribution >= 4 is 32.4 Å². The van der Waals surface area contributed by atoms with E-state index in [4.69, 9.17) is 0 Å². The normalized spacial score (nSPS) is 16.2. The van der Waals surface area contributed by atoms with Crippen molar-refractivity contribution in [2.45, 2.75) is 59.3 Å². The number of thiazole rings is 1. The highest BCUT2D eigenvalue weighted by atomic mass is 32.2. The third-order valence-electron chi connectivity index (χ3n) is 5.96. The molecule has 8 heteroatoms. The Kier molecular flexibility index (Phi) is 7.55. The molecule has 1 aromatic carbocycles. The van der Waals surface area contributed by atoms with Crippen molar-refractivity contribution in [2.24, 2.45) is 5.92 Å². The molecule has 1 fully saturated rings. The van der Waals surface area contributed by atoms with Gasteiger partial charge in [-0.3, -0.25) is 4.79 Å². The van der Waals surface area contributed by atoms with Gasteiger partial charge in [0.2, 0.25) is 15.9 Å². The fourth-order valence-corrected chi connectivity index (χ4v) is 5.74. The molecule has 1 amide bonds. The van der Waals surface area contributed by atoms with Gasteiger partial charge < -0.3 is 5.32 Å². The molecule has 0 bridgehead atoms. The van der Waals surface area contributed by atoms with Gasteiger partial charge in [0.15, 0.2) is 5.13 Å². The minimum absolute atomic E-state index is 0.0753. The van der Waals surface area contributed by atoms with Gasteiger partial charge in [0.25, 0.3) is 0 Å². The summed E-state index contributed by atoms with van der Waals surface area (Å²) in [6.45, 7) is 11.2. The summed E-state index contributed by atoms with van der Waals surface area (Å²) in [5, 5.41) is 5.53. The number of carbonyl (C=O) groups excluding carboxylic acids is 1. The Balaban J connectivity index is 1.69.